The zero-order valence-corrected chi connectivity index (χ0v) is 18.9. The van der Waals surface area contributed by atoms with Gasteiger partial charge in [0.2, 0.25) is 0 Å². The van der Waals surface area contributed by atoms with Crippen LogP contribution in [0.3, 0.4) is 0 Å². The first-order chi connectivity index (χ1) is 14.9. The van der Waals surface area contributed by atoms with Crippen molar-refractivity contribution in [2.45, 2.75) is 43.9 Å². The van der Waals surface area contributed by atoms with E-state index in [-0.39, 0.29) is 23.6 Å². The lowest BCUT2D eigenvalue weighted by Crippen LogP contribution is -2.40. The number of esters is 1. The van der Waals surface area contributed by atoms with Crippen LogP contribution in [0.15, 0.2) is 49.1 Å². The standard InChI is InChI=1S/C25H28ClNO4/c1-5-25-12-13-27(3)15-18-8-11-20(29-4)23(22(18)25)31-21(25)14-16(2)30-24(28)17-6-9-19(26)10-7-17/h5-11,16,21H,1,12-15H2,2-4H3/t16-,21-,25-/m0/s1. The van der Waals surface area contributed by atoms with Crippen LogP contribution in [0.25, 0.3) is 0 Å². The Balaban J connectivity index is 1.60. The number of hydrogen-bond acceptors (Lipinski definition) is 5. The van der Waals surface area contributed by atoms with Crippen LogP contribution >= 0.6 is 11.6 Å². The smallest absolute Gasteiger partial charge is 0.338 e. The minimum Gasteiger partial charge on any atom is -0.493 e. The second kappa shape index (κ2) is 8.56. The van der Waals surface area contributed by atoms with Gasteiger partial charge < -0.3 is 19.1 Å². The summed E-state index contributed by atoms with van der Waals surface area (Å²) < 4.78 is 17.8. The van der Waals surface area contributed by atoms with Gasteiger partial charge in [0.15, 0.2) is 11.5 Å². The average Bonchev–Trinajstić information content (AvgIpc) is 2.98. The van der Waals surface area contributed by atoms with Crippen molar-refractivity contribution in [3.8, 4) is 11.5 Å². The molecule has 2 aromatic rings. The molecule has 0 radical (unpaired) electrons. The molecule has 0 amide bonds. The molecule has 0 N–H and O–H groups in total. The molecule has 3 atom stereocenters. The number of carbonyl (C=O) groups is 1. The highest BCUT2D eigenvalue weighted by atomic mass is 35.5. The Morgan fingerprint density at radius 1 is 1.35 bits per heavy atom. The quantitative estimate of drug-likeness (QED) is 0.466. The molecule has 6 heteroatoms. The van der Waals surface area contributed by atoms with E-state index in [1.54, 1.807) is 31.4 Å². The van der Waals surface area contributed by atoms with Crippen LogP contribution in [0.2, 0.25) is 5.02 Å². The van der Waals surface area contributed by atoms with Crippen molar-refractivity contribution in [2.24, 2.45) is 0 Å². The highest BCUT2D eigenvalue weighted by molar-refractivity contribution is 6.30. The van der Waals surface area contributed by atoms with Crippen LogP contribution in [-0.2, 0) is 16.7 Å². The fraction of sp³-hybridized carbons (Fsp3) is 0.400. The molecule has 4 rings (SSSR count). The van der Waals surface area contributed by atoms with Crippen molar-refractivity contribution in [3.05, 3.63) is 70.8 Å². The van der Waals surface area contributed by atoms with Gasteiger partial charge in [-0.05, 0) is 62.8 Å². The molecule has 0 unspecified atom stereocenters. The minimum absolute atomic E-state index is 0.199. The summed E-state index contributed by atoms with van der Waals surface area (Å²) >= 11 is 5.92. The lowest BCUT2D eigenvalue weighted by Gasteiger charge is -2.32. The third-order valence-electron chi connectivity index (χ3n) is 6.37. The number of halogens is 1. The van der Waals surface area contributed by atoms with E-state index >= 15 is 0 Å². The number of methoxy groups -OCH3 is 1. The maximum atomic E-state index is 12.6. The number of nitrogens with zero attached hydrogens (tertiary/aromatic N) is 1. The summed E-state index contributed by atoms with van der Waals surface area (Å²) in [6.07, 6.45) is 2.90. The van der Waals surface area contributed by atoms with E-state index in [9.17, 15) is 4.79 Å². The maximum absolute atomic E-state index is 12.6. The third kappa shape index (κ3) is 3.92. The molecule has 31 heavy (non-hydrogen) atoms. The van der Waals surface area contributed by atoms with E-state index < -0.39 is 0 Å². The Kier molecular flexibility index (Phi) is 6.00. The Morgan fingerprint density at radius 2 is 2.10 bits per heavy atom. The monoisotopic (exact) mass is 441 g/mol. The number of hydrogen-bond donors (Lipinski definition) is 0. The van der Waals surface area contributed by atoms with E-state index in [1.807, 2.05) is 19.1 Å². The zero-order chi connectivity index (χ0) is 22.2. The van der Waals surface area contributed by atoms with E-state index in [1.165, 1.54) is 5.56 Å². The summed E-state index contributed by atoms with van der Waals surface area (Å²) in [4.78, 5) is 14.9. The Hall–Kier alpha value is -2.50. The van der Waals surface area contributed by atoms with E-state index in [2.05, 4.69) is 24.6 Å². The molecule has 0 aliphatic carbocycles. The first-order valence-electron chi connectivity index (χ1n) is 10.5. The van der Waals surface area contributed by atoms with Crippen molar-refractivity contribution in [1.82, 2.24) is 4.90 Å². The van der Waals surface area contributed by atoms with E-state index in [0.29, 0.717) is 17.0 Å². The van der Waals surface area contributed by atoms with Gasteiger partial charge in [-0.2, -0.15) is 0 Å². The second-order valence-electron chi connectivity index (χ2n) is 8.43. The minimum atomic E-state index is -0.369. The van der Waals surface area contributed by atoms with Crippen molar-refractivity contribution >= 4 is 17.6 Å². The highest BCUT2D eigenvalue weighted by Gasteiger charge is 2.51. The van der Waals surface area contributed by atoms with Gasteiger partial charge in [0.25, 0.3) is 0 Å². The Labute approximate surface area is 188 Å². The number of rotatable bonds is 6. The molecule has 0 bridgehead atoms. The average molecular weight is 442 g/mol. The molecular formula is C25H28ClNO4. The summed E-state index contributed by atoms with van der Waals surface area (Å²) in [5.74, 6) is 1.14. The normalized spacial score (nSPS) is 23.3. The van der Waals surface area contributed by atoms with Crippen LogP contribution in [0.1, 0.15) is 41.3 Å². The maximum Gasteiger partial charge on any atom is 0.338 e. The Bertz CT molecular complexity index is 990. The molecule has 0 saturated heterocycles. The first kappa shape index (κ1) is 21.7. The van der Waals surface area contributed by atoms with Gasteiger partial charge in [-0.3, -0.25) is 0 Å². The van der Waals surface area contributed by atoms with Crippen molar-refractivity contribution in [1.29, 1.82) is 0 Å². The molecule has 2 aliphatic heterocycles. The third-order valence-corrected chi connectivity index (χ3v) is 6.63. The first-order valence-corrected chi connectivity index (χ1v) is 10.9. The summed E-state index contributed by atoms with van der Waals surface area (Å²) in [5, 5.41) is 0.581. The molecule has 0 saturated carbocycles. The summed E-state index contributed by atoms with van der Waals surface area (Å²) in [7, 11) is 3.78. The zero-order valence-electron chi connectivity index (χ0n) is 18.2. The van der Waals surface area contributed by atoms with Gasteiger partial charge in [-0.15, -0.1) is 6.58 Å². The van der Waals surface area contributed by atoms with E-state index in [0.717, 1.165) is 36.6 Å². The summed E-state index contributed by atoms with van der Waals surface area (Å²) in [5.41, 5.74) is 2.51. The van der Waals surface area contributed by atoms with Crippen LogP contribution < -0.4 is 9.47 Å². The van der Waals surface area contributed by atoms with E-state index in [4.69, 9.17) is 25.8 Å². The molecule has 0 spiro atoms. The van der Waals surface area contributed by atoms with Crippen LogP contribution in [-0.4, -0.2) is 43.8 Å². The fourth-order valence-electron chi connectivity index (χ4n) is 4.74. The molecule has 2 heterocycles. The lowest BCUT2D eigenvalue weighted by molar-refractivity contribution is 0.0186. The predicted molar refractivity (Wildman–Crippen MR) is 121 cm³/mol. The largest absolute Gasteiger partial charge is 0.493 e. The lowest BCUT2D eigenvalue weighted by atomic mass is 9.72. The molecule has 164 valence electrons. The highest BCUT2D eigenvalue weighted by Crippen LogP contribution is 2.54. The molecule has 0 aromatic heterocycles. The van der Waals surface area contributed by atoms with Gasteiger partial charge >= 0.3 is 5.97 Å². The number of carbonyl (C=O) groups excluding carboxylic acids is 1. The Morgan fingerprint density at radius 3 is 2.77 bits per heavy atom. The second-order valence-corrected chi connectivity index (χ2v) is 8.86. The molecule has 5 nitrogen and oxygen atoms in total. The molecule has 0 fully saturated rings. The molecule has 2 aliphatic rings. The topological polar surface area (TPSA) is 48.0 Å². The summed E-state index contributed by atoms with van der Waals surface area (Å²) in [6, 6.07) is 10.8. The van der Waals surface area contributed by atoms with Crippen molar-refractivity contribution in [3.63, 3.8) is 0 Å². The van der Waals surface area contributed by atoms with Crippen molar-refractivity contribution < 1.29 is 19.0 Å². The van der Waals surface area contributed by atoms with Gasteiger partial charge in [0.1, 0.15) is 12.2 Å². The molecular weight excluding hydrogens is 414 g/mol. The summed E-state index contributed by atoms with van der Waals surface area (Å²) in [6.45, 7) is 7.86. The molecule has 2 aromatic carbocycles. The van der Waals surface area contributed by atoms with Gasteiger partial charge in [0, 0.05) is 23.6 Å². The van der Waals surface area contributed by atoms with Gasteiger partial charge in [-0.1, -0.05) is 23.7 Å². The predicted octanol–water partition coefficient (Wildman–Crippen LogP) is 5.00. The SMILES string of the molecule is C=C[C@@]12CCN(C)Cc3ccc(OC)c(c31)O[C@H]2C[C@H](C)OC(=O)c1ccc(Cl)cc1. The van der Waals surface area contributed by atoms with Gasteiger partial charge in [0.05, 0.1) is 18.1 Å². The fourth-order valence-corrected chi connectivity index (χ4v) is 4.87. The van der Waals surface area contributed by atoms with Crippen LogP contribution in [0, 0.1) is 0 Å². The number of benzene rings is 2. The van der Waals surface area contributed by atoms with Crippen molar-refractivity contribution in [2.75, 3.05) is 20.7 Å². The van der Waals surface area contributed by atoms with Gasteiger partial charge in [-0.25, -0.2) is 4.79 Å². The van der Waals surface area contributed by atoms with Crippen LogP contribution in [0.4, 0.5) is 0 Å². The van der Waals surface area contributed by atoms with Crippen LogP contribution in [0.5, 0.6) is 11.5 Å². The number of ether oxygens (including phenoxy) is 3.